The van der Waals surface area contributed by atoms with Crippen molar-refractivity contribution in [1.82, 2.24) is 4.90 Å². The van der Waals surface area contributed by atoms with E-state index >= 15 is 0 Å². The van der Waals surface area contributed by atoms with Gasteiger partial charge in [-0.1, -0.05) is 48.0 Å². The Balaban J connectivity index is 2.02. The van der Waals surface area contributed by atoms with Gasteiger partial charge in [0.1, 0.15) is 0 Å². The first-order valence-corrected chi connectivity index (χ1v) is 7.35. The monoisotopic (exact) mass is 261 g/mol. The molecule has 1 fully saturated rings. The largest absolute Gasteiger partial charge is 0.302 e. The maximum Gasteiger partial charge on any atom is 0.0199 e. The summed E-state index contributed by atoms with van der Waals surface area (Å²) < 4.78 is 0. The van der Waals surface area contributed by atoms with Crippen LogP contribution in [-0.4, -0.2) is 25.0 Å². The lowest BCUT2D eigenvalue weighted by molar-refractivity contribution is 0.425. The van der Waals surface area contributed by atoms with E-state index < -0.39 is 0 Å². The Labute approximate surface area is 120 Å². The van der Waals surface area contributed by atoms with E-state index in [0.29, 0.717) is 0 Å². The van der Waals surface area contributed by atoms with Crippen molar-refractivity contribution in [1.29, 1.82) is 0 Å². The molecule has 0 N–H and O–H groups in total. The molecule has 1 saturated heterocycles. The van der Waals surface area contributed by atoms with Gasteiger partial charge in [0.2, 0.25) is 0 Å². The SMILES string of the molecule is Cc1ccc2c(c1)C(=C1CCN(C)C1)c1ccccc1-2. The van der Waals surface area contributed by atoms with E-state index in [1.54, 1.807) is 5.57 Å². The lowest BCUT2D eigenvalue weighted by atomic mass is 9.96. The summed E-state index contributed by atoms with van der Waals surface area (Å²) in [6.07, 6.45) is 1.20. The van der Waals surface area contributed by atoms with E-state index in [1.165, 1.54) is 46.4 Å². The summed E-state index contributed by atoms with van der Waals surface area (Å²) in [4.78, 5) is 2.42. The number of fused-ring (bicyclic) bond motifs is 3. The molecule has 1 heterocycles. The Hall–Kier alpha value is -1.86. The molecule has 2 aliphatic rings. The third kappa shape index (κ3) is 1.66. The predicted octanol–water partition coefficient (Wildman–Crippen LogP) is 4.11. The Bertz CT molecular complexity index is 724. The van der Waals surface area contributed by atoms with Gasteiger partial charge in [0.25, 0.3) is 0 Å². The molecule has 20 heavy (non-hydrogen) atoms. The summed E-state index contributed by atoms with van der Waals surface area (Å²) in [5.74, 6) is 0. The lowest BCUT2D eigenvalue weighted by Gasteiger charge is -2.09. The highest BCUT2D eigenvalue weighted by Gasteiger charge is 2.27. The Kier molecular flexibility index (Phi) is 2.58. The van der Waals surface area contributed by atoms with E-state index in [2.05, 4.69) is 61.3 Å². The van der Waals surface area contributed by atoms with Crippen molar-refractivity contribution in [3.63, 3.8) is 0 Å². The highest BCUT2D eigenvalue weighted by molar-refractivity contribution is 6.02. The van der Waals surface area contributed by atoms with Crippen molar-refractivity contribution in [3.05, 3.63) is 64.7 Å². The molecule has 1 aliphatic heterocycles. The van der Waals surface area contributed by atoms with Gasteiger partial charge in [-0.2, -0.15) is 0 Å². The zero-order valence-corrected chi connectivity index (χ0v) is 12.1. The molecule has 4 rings (SSSR count). The molecule has 0 spiro atoms. The minimum Gasteiger partial charge on any atom is -0.302 e. The molecular weight excluding hydrogens is 242 g/mol. The average Bonchev–Trinajstić information content (AvgIpc) is 2.99. The number of benzene rings is 2. The molecule has 100 valence electrons. The predicted molar refractivity (Wildman–Crippen MR) is 84.8 cm³/mol. The van der Waals surface area contributed by atoms with E-state index in [1.807, 2.05) is 0 Å². The summed E-state index contributed by atoms with van der Waals surface area (Å²) in [6, 6.07) is 15.7. The Morgan fingerprint density at radius 3 is 2.40 bits per heavy atom. The smallest absolute Gasteiger partial charge is 0.0199 e. The number of nitrogens with zero attached hydrogens (tertiary/aromatic N) is 1. The molecule has 0 radical (unpaired) electrons. The summed E-state index contributed by atoms with van der Waals surface area (Å²) in [5, 5.41) is 0. The normalized spacial score (nSPS) is 21.1. The number of rotatable bonds is 0. The minimum atomic E-state index is 1.11. The van der Waals surface area contributed by atoms with Crippen molar-refractivity contribution in [2.45, 2.75) is 13.3 Å². The number of hydrogen-bond acceptors (Lipinski definition) is 1. The van der Waals surface area contributed by atoms with Gasteiger partial charge in [0.05, 0.1) is 0 Å². The van der Waals surface area contributed by atoms with Crippen LogP contribution in [0.4, 0.5) is 0 Å². The van der Waals surface area contributed by atoms with Crippen molar-refractivity contribution < 1.29 is 0 Å². The molecule has 1 nitrogen and oxygen atoms in total. The van der Waals surface area contributed by atoms with Gasteiger partial charge < -0.3 is 4.90 Å². The first kappa shape index (κ1) is 11.9. The second-order valence-corrected chi connectivity index (χ2v) is 6.06. The number of hydrogen-bond donors (Lipinski definition) is 0. The first-order valence-electron chi connectivity index (χ1n) is 7.35. The van der Waals surface area contributed by atoms with Crippen molar-refractivity contribution >= 4 is 5.57 Å². The zero-order chi connectivity index (χ0) is 13.7. The molecule has 0 atom stereocenters. The van der Waals surface area contributed by atoms with Gasteiger partial charge in [-0.25, -0.2) is 0 Å². The third-order valence-corrected chi connectivity index (χ3v) is 4.54. The molecule has 0 unspecified atom stereocenters. The fraction of sp³-hybridized carbons (Fsp3) is 0.263. The van der Waals surface area contributed by atoms with Gasteiger partial charge >= 0.3 is 0 Å². The van der Waals surface area contributed by atoms with E-state index in [4.69, 9.17) is 0 Å². The quantitative estimate of drug-likeness (QED) is 0.588. The first-order chi connectivity index (χ1) is 9.74. The summed E-state index contributed by atoms with van der Waals surface area (Å²) >= 11 is 0. The van der Waals surface area contributed by atoms with Crippen LogP contribution in [0.3, 0.4) is 0 Å². The van der Waals surface area contributed by atoms with Crippen LogP contribution in [0.25, 0.3) is 16.7 Å². The number of likely N-dealkylation sites (N-methyl/N-ethyl adjacent to an activating group) is 1. The van der Waals surface area contributed by atoms with E-state index in [-0.39, 0.29) is 0 Å². The highest BCUT2D eigenvalue weighted by atomic mass is 15.1. The van der Waals surface area contributed by atoms with E-state index in [0.717, 1.165) is 6.54 Å². The standard InChI is InChI=1S/C19H19N/c1-13-7-8-16-15-5-3-4-6-17(15)19(18(16)11-13)14-9-10-20(2)12-14/h3-8,11H,9-10,12H2,1-2H3. The molecule has 0 saturated carbocycles. The van der Waals surface area contributed by atoms with Crippen LogP contribution in [0.2, 0.25) is 0 Å². The van der Waals surface area contributed by atoms with Gasteiger partial charge in [0, 0.05) is 13.1 Å². The van der Waals surface area contributed by atoms with Gasteiger partial charge in [-0.15, -0.1) is 0 Å². The molecule has 2 aromatic carbocycles. The van der Waals surface area contributed by atoms with Crippen LogP contribution in [0.15, 0.2) is 48.0 Å². The second-order valence-electron chi connectivity index (χ2n) is 6.06. The molecule has 0 bridgehead atoms. The van der Waals surface area contributed by atoms with Gasteiger partial charge in [0.15, 0.2) is 0 Å². The fourth-order valence-electron chi connectivity index (χ4n) is 3.58. The summed E-state index contributed by atoms with van der Waals surface area (Å²) in [7, 11) is 2.21. The van der Waals surface area contributed by atoms with Crippen LogP contribution < -0.4 is 0 Å². The van der Waals surface area contributed by atoms with Crippen molar-refractivity contribution in [3.8, 4) is 11.1 Å². The Morgan fingerprint density at radius 1 is 0.900 bits per heavy atom. The highest BCUT2D eigenvalue weighted by Crippen LogP contribution is 2.46. The maximum absolute atomic E-state index is 2.42. The van der Waals surface area contributed by atoms with Crippen LogP contribution in [-0.2, 0) is 0 Å². The Morgan fingerprint density at radius 2 is 1.65 bits per heavy atom. The minimum absolute atomic E-state index is 1.11. The lowest BCUT2D eigenvalue weighted by Crippen LogP contribution is -2.11. The molecule has 0 amide bonds. The van der Waals surface area contributed by atoms with Crippen molar-refractivity contribution in [2.75, 3.05) is 20.1 Å². The molecule has 1 aliphatic carbocycles. The van der Waals surface area contributed by atoms with Crippen molar-refractivity contribution in [2.24, 2.45) is 0 Å². The summed E-state index contributed by atoms with van der Waals surface area (Å²) in [5.41, 5.74) is 10.1. The summed E-state index contributed by atoms with van der Waals surface area (Å²) in [6.45, 7) is 4.48. The van der Waals surface area contributed by atoms with Crippen LogP contribution in [0.5, 0.6) is 0 Å². The topological polar surface area (TPSA) is 3.24 Å². The molecule has 0 aromatic heterocycles. The number of aryl methyl sites for hydroxylation is 1. The molecule has 1 heteroatoms. The third-order valence-electron chi connectivity index (χ3n) is 4.54. The zero-order valence-electron chi connectivity index (χ0n) is 12.1. The van der Waals surface area contributed by atoms with Crippen LogP contribution >= 0.6 is 0 Å². The fourth-order valence-corrected chi connectivity index (χ4v) is 3.58. The van der Waals surface area contributed by atoms with Crippen LogP contribution in [0.1, 0.15) is 23.1 Å². The van der Waals surface area contributed by atoms with Gasteiger partial charge in [-0.3, -0.25) is 0 Å². The maximum atomic E-state index is 2.42. The molecular formula is C19H19N. The average molecular weight is 261 g/mol. The second kappa shape index (κ2) is 4.32. The number of likely N-dealkylation sites (tertiary alicyclic amines) is 1. The van der Waals surface area contributed by atoms with E-state index in [9.17, 15) is 0 Å². The molecule has 2 aromatic rings. The van der Waals surface area contributed by atoms with Gasteiger partial charge in [-0.05, 0) is 53.8 Å². The van der Waals surface area contributed by atoms with Crippen LogP contribution in [0, 0.1) is 6.92 Å².